The molecule has 0 unspecified atom stereocenters. The Labute approximate surface area is 241 Å². The van der Waals surface area contributed by atoms with Crippen LogP contribution in [-0.2, 0) is 19.4 Å². The molecule has 4 rings (SSSR count). The summed E-state index contributed by atoms with van der Waals surface area (Å²) in [6.07, 6.45) is 6.12. The van der Waals surface area contributed by atoms with E-state index in [-0.39, 0.29) is 11.5 Å². The molecule has 0 atom stereocenters. The Morgan fingerprint density at radius 1 is 0.925 bits per heavy atom. The summed E-state index contributed by atoms with van der Waals surface area (Å²) in [5.74, 6) is 7.96. The van der Waals surface area contributed by atoms with Gasteiger partial charge >= 0.3 is 5.97 Å². The van der Waals surface area contributed by atoms with Crippen LogP contribution < -0.4 is 9.47 Å². The van der Waals surface area contributed by atoms with Gasteiger partial charge in [-0.25, -0.2) is 13.2 Å². The van der Waals surface area contributed by atoms with E-state index in [1.54, 1.807) is 43.0 Å². The normalized spacial score (nSPS) is 13.4. The highest BCUT2D eigenvalue weighted by molar-refractivity contribution is 7.99. The lowest BCUT2D eigenvalue weighted by Gasteiger charge is -2.13. The van der Waals surface area contributed by atoms with Gasteiger partial charge in [0.2, 0.25) is 0 Å². The van der Waals surface area contributed by atoms with Crippen molar-refractivity contribution in [2.24, 2.45) is 5.92 Å². The zero-order valence-electron chi connectivity index (χ0n) is 23.1. The molecule has 0 spiro atoms. The fourth-order valence-corrected chi connectivity index (χ4v) is 6.07. The van der Waals surface area contributed by atoms with Crippen molar-refractivity contribution in [2.75, 3.05) is 26.1 Å². The Hall–Kier alpha value is -3.41. The molecule has 1 fully saturated rings. The molecule has 0 aromatic heterocycles. The third-order valence-electron chi connectivity index (χ3n) is 6.51. The van der Waals surface area contributed by atoms with Gasteiger partial charge in [-0.3, -0.25) is 0 Å². The van der Waals surface area contributed by atoms with Crippen LogP contribution in [0.4, 0.5) is 0 Å². The highest BCUT2D eigenvalue weighted by atomic mass is 32.2. The van der Waals surface area contributed by atoms with Gasteiger partial charge in [0.25, 0.3) is 0 Å². The molecule has 0 aliphatic heterocycles. The maximum Gasteiger partial charge on any atom is 0.344 e. The fraction of sp³-hybridized carbons (Fsp3) is 0.344. The first kappa shape index (κ1) is 29.6. The van der Waals surface area contributed by atoms with E-state index >= 15 is 0 Å². The van der Waals surface area contributed by atoms with Gasteiger partial charge in [-0.2, -0.15) is 0 Å². The van der Waals surface area contributed by atoms with E-state index < -0.39 is 15.8 Å². The van der Waals surface area contributed by atoms with Crippen molar-refractivity contribution in [2.45, 2.75) is 54.2 Å². The highest BCUT2D eigenvalue weighted by Gasteiger charge is 2.16. The maximum atomic E-state index is 11.8. The fourth-order valence-electron chi connectivity index (χ4n) is 4.43. The SMILES string of the molecule is CCOC(=O)COc1ccc(Sc2cc(C#Cc3ccc(S(C)(=O)=O)cc3)cc(OCC3CCCC3)c2)cc1C. The summed E-state index contributed by atoms with van der Waals surface area (Å²) in [4.78, 5) is 13.9. The first-order chi connectivity index (χ1) is 19.2. The van der Waals surface area contributed by atoms with Gasteiger partial charge in [-0.1, -0.05) is 36.4 Å². The number of carbonyl (C=O) groups is 1. The van der Waals surface area contributed by atoms with Crippen LogP contribution in [-0.4, -0.2) is 40.5 Å². The molecule has 6 nitrogen and oxygen atoms in total. The van der Waals surface area contributed by atoms with Gasteiger partial charge in [0.1, 0.15) is 11.5 Å². The molecular weight excluding hydrogens is 544 g/mol. The Bertz CT molecular complexity index is 1490. The second kappa shape index (κ2) is 13.8. The minimum absolute atomic E-state index is 0.124. The number of sulfone groups is 1. The molecular formula is C32H34O6S2. The maximum absolute atomic E-state index is 11.8. The van der Waals surface area contributed by atoms with Crippen molar-refractivity contribution < 1.29 is 27.4 Å². The molecule has 8 heteroatoms. The number of rotatable bonds is 10. The van der Waals surface area contributed by atoms with Gasteiger partial charge < -0.3 is 14.2 Å². The lowest BCUT2D eigenvalue weighted by atomic mass is 10.1. The minimum Gasteiger partial charge on any atom is -0.493 e. The Morgan fingerprint density at radius 2 is 1.65 bits per heavy atom. The topological polar surface area (TPSA) is 78.9 Å². The standard InChI is InChI=1S/C32H34O6S2/c1-4-36-32(33)22-38-31-16-13-28(17-23(31)2)39-29-19-26(18-27(20-29)37-21-25-7-5-6-8-25)10-9-24-11-14-30(15-12-24)40(3,34)35/h11-20,25H,4-8,21-22H2,1-3H3. The second-order valence-electron chi connectivity index (χ2n) is 9.82. The average Bonchev–Trinajstić information content (AvgIpc) is 3.44. The molecule has 3 aromatic rings. The molecule has 0 radical (unpaired) electrons. The van der Waals surface area contributed by atoms with E-state index in [2.05, 4.69) is 11.8 Å². The van der Waals surface area contributed by atoms with Crippen molar-refractivity contribution in [1.29, 1.82) is 0 Å². The molecule has 3 aromatic carbocycles. The van der Waals surface area contributed by atoms with Crippen LogP contribution in [0.3, 0.4) is 0 Å². The van der Waals surface area contributed by atoms with E-state index in [4.69, 9.17) is 14.2 Å². The van der Waals surface area contributed by atoms with Crippen molar-refractivity contribution in [3.63, 3.8) is 0 Å². The summed E-state index contributed by atoms with van der Waals surface area (Å²) < 4.78 is 40.3. The first-order valence-electron chi connectivity index (χ1n) is 13.4. The summed E-state index contributed by atoms with van der Waals surface area (Å²) in [6, 6.07) is 18.4. The minimum atomic E-state index is -3.25. The van der Waals surface area contributed by atoms with Crippen molar-refractivity contribution >= 4 is 27.6 Å². The molecule has 1 aliphatic rings. The second-order valence-corrected chi connectivity index (χ2v) is 13.0. The predicted octanol–water partition coefficient (Wildman–Crippen LogP) is 6.46. The third-order valence-corrected chi connectivity index (χ3v) is 8.60. The lowest BCUT2D eigenvalue weighted by Crippen LogP contribution is -2.14. The van der Waals surface area contributed by atoms with Crippen LogP contribution in [0.15, 0.2) is 75.4 Å². The van der Waals surface area contributed by atoms with Crippen molar-refractivity contribution in [3.8, 4) is 23.3 Å². The summed E-state index contributed by atoms with van der Waals surface area (Å²) in [7, 11) is -3.25. The van der Waals surface area contributed by atoms with E-state index in [9.17, 15) is 13.2 Å². The van der Waals surface area contributed by atoms with Crippen LogP contribution in [0.1, 0.15) is 49.3 Å². The number of hydrogen-bond acceptors (Lipinski definition) is 7. The predicted molar refractivity (Wildman–Crippen MR) is 157 cm³/mol. The molecule has 0 bridgehead atoms. The lowest BCUT2D eigenvalue weighted by molar-refractivity contribution is -0.145. The monoisotopic (exact) mass is 578 g/mol. The zero-order valence-corrected chi connectivity index (χ0v) is 24.7. The van der Waals surface area contributed by atoms with Crippen LogP contribution in [0, 0.1) is 24.7 Å². The zero-order chi connectivity index (χ0) is 28.5. The van der Waals surface area contributed by atoms with E-state index in [1.807, 2.05) is 43.3 Å². The Kier molecular flexibility index (Phi) is 10.2. The molecule has 1 aliphatic carbocycles. The summed E-state index contributed by atoms with van der Waals surface area (Å²) in [6.45, 7) is 4.60. The number of hydrogen-bond donors (Lipinski definition) is 0. The molecule has 0 saturated heterocycles. The number of ether oxygens (including phenoxy) is 3. The van der Waals surface area contributed by atoms with Crippen molar-refractivity contribution in [3.05, 3.63) is 77.4 Å². The van der Waals surface area contributed by atoms with Gasteiger partial charge in [-0.15, -0.1) is 0 Å². The molecule has 0 heterocycles. The Balaban J connectivity index is 1.53. The number of aryl methyl sites for hydroxylation is 1. The van der Waals surface area contributed by atoms with Gasteiger partial charge in [0.05, 0.1) is 18.1 Å². The summed E-state index contributed by atoms with van der Waals surface area (Å²) in [5.41, 5.74) is 2.46. The summed E-state index contributed by atoms with van der Waals surface area (Å²) in [5, 5.41) is 0. The quantitative estimate of drug-likeness (QED) is 0.202. The molecule has 1 saturated carbocycles. The average molecular weight is 579 g/mol. The highest BCUT2D eigenvalue weighted by Crippen LogP contribution is 2.34. The van der Waals surface area contributed by atoms with E-state index in [0.717, 1.165) is 32.2 Å². The summed E-state index contributed by atoms with van der Waals surface area (Å²) >= 11 is 1.59. The molecule has 0 N–H and O–H groups in total. The van der Waals surface area contributed by atoms with Crippen LogP contribution >= 0.6 is 11.8 Å². The molecule has 0 amide bonds. The smallest absolute Gasteiger partial charge is 0.344 e. The number of carbonyl (C=O) groups excluding carboxylic acids is 1. The Morgan fingerprint density at radius 3 is 2.33 bits per heavy atom. The van der Waals surface area contributed by atoms with E-state index in [1.165, 1.54) is 31.9 Å². The third kappa shape index (κ3) is 8.80. The number of benzene rings is 3. The van der Waals surface area contributed by atoms with Crippen LogP contribution in [0.5, 0.6) is 11.5 Å². The number of esters is 1. The largest absolute Gasteiger partial charge is 0.493 e. The van der Waals surface area contributed by atoms with Gasteiger partial charge in [0.15, 0.2) is 16.4 Å². The van der Waals surface area contributed by atoms with E-state index in [0.29, 0.717) is 24.9 Å². The van der Waals surface area contributed by atoms with Gasteiger partial charge in [0, 0.05) is 27.2 Å². The van der Waals surface area contributed by atoms with Gasteiger partial charge in [-0.05, 0) is 98.8 Å². The van der Waals surface area contributed by atoms with Crippen LogP contribution in [0.25, 0.3) is 0 Å². The van der Waals surface area contributed by atoms with Crippen molar-refractivity contribution in [1.82, 2.24) is 0 Å². The van der Waals surface area contributed by atoms with Crippen LogP contribution in [0.2, 0.25) is 0 Å². The first-order valence-corrected chi connectivity index (χ1v) is 16.1. The molecule has 210 valence electrons. The molecule has 40 heavy (non-hydrogen) atoms.